The Morgan fingerprint density at radius 3 is 3.05 bits per heavy atom. The molecule has 1 unspecified atom stereocenters. The van der Waals surface area contributed by atoms with Gasteiger partial charge in [-0.2, -0.15) is 0 Å². The quantitative estimate of drug-likeness (QED) is 0.848. The molecule has 2 rings (SSSR count). The van der Waals surface area contributed by atoms with Gasteiger partial charge in [-0.1, -0.05) is 0 Å². The summed E-state index contributed by atoms with van der Waals surface area (Å²) in [4.78, 5) is 28.6. The first-order valence-electron chi connectivity index (χ1n) is 6.19. The SMILES string of the molecule is Cc1csc(NC(=O)CN2CCC(CC(=O)O)C2)n1. The Kier molecular flexibility index (Phi) is 4.49. The number of carbonyl (C=O) groups is 2. The highest BCUT2D eigenvalue weighted by atomic mass is 32.1. The van der Waals surface area contributed by atoms with Crippen molar-refractivity contribution < 1.29 is 14.7 Å². The number of thiazole rings is 1. The minimum atomic E-state index is -0.769. The van der Waals surface area contributed by atoms with Crippen LogP contribution < -0.4 is 5.32 Å². The topological polar surface area (TPSA) is 82.5 Å². The molecule has 1 aromatic heterocycles. The van der Waals surface area contributed by atoms with E-state index in [9.17, 15) is 9.59 Å². The molecule has 1 aromatic rings. The van der Waals surface area contributed by atoms with Gasteiger partial charge in [0.25, 0.3) is 0 Å². The number of nitrogens with zero attached hydrogens (tertiary/aromatic N) is 2. The predicted molar refractivity (Wildman–Crippen MR) is 72.3 cm³/mol. The van der Waals surface area contributed by atoms with Crippen molar-refractivity contribution in [2.45, 2.75) is 19.8 Å². The van der Waals surface area contributed by atoms with Crippen LogP contribution in [0.5, 0.6) is 0 Å². The van der Waals surface area contributed by atoms with Crippen molar-refractivity contribution >= 4 is 28.3 Å². The van der Waals surface area contributed by atoms with Crippen LogP contribution in [0.3, 0.4) is 0 Å². The molecule has 2 N–H and O–H groups in total. The molecule has 0 aliphatic carbocycles. The third-order valence-electron chi connectivity index (χ3n) is 3.07. The number of hydrogen-bond acceptors (Lipinski definition) is 5. The summed E-state index contributed by atoms with van der Waals surface area (Å²) in [5.41, 5.74) is 0.892. The van der Waals surface area contributed by atoms with E-state index in [0.717, 1.165) is 18.7 Å². The summed E-state index contributed by atoms with van der Waals surface area (Å²) in [5, 5.41) is 14.0. The van der Waals surface area contributed by atoms with Crippen molar-refractivity contribution in [3.05, 3.63) is 11.1 Å². The number of carbonyl (C=O) groups excluding carboxylic acids is 1. The molecule has 1 fully saturated rings. The lowest BCUT2D eigenvalue weighted by molar-refractivity contribution is -0.138. The molecule has 0 radical (unpaired) electrons. The zero-order valence-electron chi connectivity index (χ0n) is 10.8. The summed E-state index contributed by atoms with van der Waals surface area (Å²) >= 11 is 1.41. The van der Waals surface area contributed by atoms with E-state index in [1.807, 2.05) is 17.2 Å². The number of aromatic nitrogens is 1. The number of carboxylic acids is 1. The van der Waals surface area contributed by atoms with Gasteiger partial charge in [-0.3, -0.25) is 14.5 Å². The van der Waals surface area contributed by atoms with Crippen molar-refractivity contribution in [2.75, 3.05) is 25.0 Å². The average molecular weight is 283 g/mol. The van der Waals surface area contributed by atoms with E-state index in [1.165, 1.54) is 11.3 Å². The Labute approximate surface area is 115 Å². The lowest BCUT2D eigenvalue weighted by Crippen LogP contribution is -2.31. The van der Waals surface area contributed by atoms with E-state index in [2.05, 4.69) is 10.3 Å². The Morgan fingerprint density at radius 2 is 2.42 bits per heavy atom. The molecule has 0 saturated carbocycles. The number of aliphatic carboxylic acids is 1. The van der Waals surface area contributed by atoms with Crippen LogP contribution in [0.2, 0.25) is 0 Å². The molecule has 0 spiro atoms. The number of aryl methyl sites for hydroxylation is 1. The van der Waals surface area contributed by atoms with E-state index in [1.54, 1.807) is 0 Å². The molecule has 7 heteroatoms. The first-order valence-corrected chi connectivity index (χ1v) is 7.07. The molecule has 1 aliphatic rings. The van der Waals surface area contributed by atoms with Gasteiger partial charge < -0.3 is 10.4 Å². The highest BCUT2D eigenvalue weighted by Crippen LogP contribution is 2.19. The van der Waals surface area contributed by atoms with E-state index in [4.69, 9.17) is 5.11 Å². The Balaban J connectivity index is 1.76. The lowest BCUT2D eigenvalue weighted by Gasteiger charge is -2.14. The Hall–Kier alpha value is -1.47. The molecular weight excluding hydrogens is 266 g/mol. The summed E-state index contributed by atoms with van der Waals surface area (Å²) in [6.45, 7) is 3.64. The van der Waals surface area contributed by atoms with Crippen molar-refractivity contribution in [3.63, 3.8) is 0 Å². The van der Waals surface area contributed by atoms with Crippen molar-refractivity contribution in [2.24, 2.45) is 5.92 Å². The molecule has 104 valence electrons. The van der Waals surface area contributed by atoms with Crippen LogP contribution in [0, 0.1) is 12.8 Å². The maximum atomic E-state index is 11.8. The van der Waals surface area contributed by atoms with Gasteiger partial charge in [-0.15, -0.1) is 11.3 Å². The Morgan fingerprint density at radius 1 is 1.63 bits per heavy atom. The largest absolute Gasteiger partial charge is 0.481 e. The average Bonchev–Trinajstić information content (AvgIpc) is 2.88. The van der Waals surface area contributed by atoms with Gasteiger partial charge in [0.05, 0.1) is 12.2 Å². The number of hydrogen-bond donors (Lipinski definition) is 2. The van der Waals surface area contributed by atoms with Gasteiger partial charge in [0, 0.05) is 18.3 Å². The zero-order chi connectivity index (χ0) is 13.8. The monoisotopic (exact) mass is 283 g/mol. The van der Waals surface area contributed by atoms with Crippen LogP contribution in [-0.2, 0) is 9.59 Å². The Bertz CT molecular complexity index is 475. The summed E-state index contributed by atoms with van der Waals surface area (Å²) in [6, 6.07) is 0. The molecule has 6 nitrogen and oxygen atoms in total. The minimum Gasteiger partial charge on any atom is -0.481 e. The summed E-state index contributed by atoms with van der Waals surface area (Å²) in [7, 11) is 0. The van der Waals surface area contributed by atoms with E-state index < -0.39 is 5.97 Å². The molecule has 0 aromatic carbocycles. The second kappa shape index (κ2) is 6.12. The van der Waals surface area contributed by atoms with Crippen LogP contribution in [0.1, 0.15) is 18.5 Å². The third-order valence-corrected chi connectivity index (χ3v) is 3.94. The predicted octanol–water partition coefficient (Wildman–Crippen LogP) is 1.19. The standard InChI is InChI=1S/C12H17N3O3S/c1-8-7-19-12(13-8)14-10(16)6-15-3-2-9(5-15)4-11(17)18/h7,9H,2-6H2,1H3,(H,17,18)(H,13,14,16). The smallest absolute Gasteiger partial charge is 0.303 e. The van der Waals surface area contributed by atoms with Crippen molar-refractivity contribution in [1.29, 1.82) is 0 Å². The second-order valence-electron chi connectivity index (χ2n) is 4.83. The fourth-order valence-electron chi connectivity index (χ4n) is 2.24. The second-order valence-corrected chi connectivity index (χ2v) is 5.69. The van der Waals surface area contributed by atoms with Gasteiger partial charge in [-0.25, -0.2) is 4.98 Å². The molecule has 19 heavy (non-hydrogen) atoms. The maximum Gasteiger partial charge on any atom is 0.303 e. The van der Waals surface area contributed by atoms with Gasteiger partial charge in [-0.05, 0) is 25.8 Å². The molecule has 2 heterocycles. The molecular formula is C12H17N3O3S. The number of anilines is 1. The summed E-state index contributed by atoms with van der Waals surface area (Å²) in [5.74, 6) is -0.702. The highest BCUT2D eigenvalue weighted by molar-refractivity contribution is 7.13. The number of likely N-dealkylation sites (tertiary alicyclic amines) is 1. The number of rotatable bonds is 5. The zero-order valence-corrected chi connectivity index (χ0v) is 11.6. The van der Waals surface area contributed by atoms with Crippen LogP contribution in [0.25, 0.3) is 0 Å². The molecule has 1 amide bonds. The van der Waals surface area contributed by atoms with Gasteiger partial charge in [0.2, 0.25) is 5.91 Å². The van der Waals surface area contributed by atoms with Gasteiger partial charge >= 0.3 is 5.97 Å². The van der Waals surface area contributed by atoms with Crippen molar-refractivity contribution in [1.82, 2.24) is 9.88 Å². The van der Waals surface area contributed by atoms with Crippen LogP contribution >= 0.6 is 11.3 Å². The fraction of sp³-hybridized carbons (Fsp3) is 0.583. The van der Waals surface area contributed by atoms with Crippen molar-refractivity contribution in [3.8, 4) is 0 Å². The van der Waals surface area contributed by atoms with Crippen LogP contribution in [-0.4, -0.2) is 46.5 Å². The normalized spacial score (nSPS) is 19.5. The lowest BCUT2D eigenvalue weighted by atomic mass is 10.1. The fourth-order valence-corrected chi connectivity index (χ4v) is 2.95. The molecule has 1 atom stereocenters. The molecule has 0 bridgehead atoms. The van der Waals surface area contributed by atoms with E-state index >= 15 is 0 Å². The first-order chi connectivity index (χ1) is 9.02. The first kappa shape index (κ1) is 14.0. The van der Waals surface area contributed by atoms with Crippen LogP contribution in [0.4, 0.5) is 5.13 Å². The van der Waals surface area contributed by atoms with Gasteiger partial charge in [0.15, 0.2) is 5.13 Å². The minimum absolute atomic E-state index is 0.0923. The molecule has 1 saturated heterocycles. The van der Waals surface area contributed by atoms with E-state index in [-0.39, 0.29) is 18.2 Å². The third kappa shape index (κ3) is 4.29. The van der Waals surface area contributed by atoms with E-state index in [0.29, 0.717) is 18.2 Å². The summed E-state index contributed by atoms with van der Waals surface area (Å²) < 4.78 is 0. The number of nitrogens with one attached hydrogen (secondary N) is 1. The maximum absolute atomic E-state index is 11.8. The van der Waals surface area contributed by atoms with Gasteiger partial charge in [0.1, 0.15) is 0 Å². The number of carboxylic acid groups (broad SMARTS) is 1. The summed E-state index contributed by atoms with van der Waals surface area (Å²) in [6.07, 6.45) is 1.03. The van der Waals surface area contributed by atoms with Crippen LogP contribution in [0.15, 0.2) is 5.38 Å². The highest BCUT2D eigenvalue weighted by Gasteiger charge is 2.25. The number of amides is 1. The molecule has 1 aliphatic heterocycles.